The lowest BCUT2D eigenvalue weighted by Crippen LogP contribution is -2.12. The second-order valence-electron chi connectivity index (χ2n) is 3.73. The Balaban J connectivity index is 2.10. The van der Waals surface area contributed by atoms with E-state index in [4.69, 9.17) is 4.74 Å². The van der Waals surface area contributed by atoms with Gasteiger partial charge >= 0.3 is 0 Å². The van der Waals surface area contributed by atoms with Crippen molar-refractivity contribution in [2.75, 3.05) is 6.61 Å². The maximum Gasteiger partial charge on any atom is 0.0726 e. The minimum atomic E-state index is 0.338. The smallest absolute Gasteiger partial charge is 0.0726 e. The molecule has 0 spiro atoms. The lowest BCUT2D eigenvalue weighted by Gasteiger charge is -2.25. The molecule has 0 aromatic heterocycles. The Morgan fingerprint density at radius 1 is 1.38 bits per heavy atom. The number of rotatable bonds is 1. The Morgan fingerprint density at radius 2 is 2.08 bits per heavy atom. The van der Waals surface area contributed by atoms with Crippen molar-refractivity contribution >= 4 is 0 Å². The van der Waals surface area contributed by atoms with Crippen LogP contribution in [-0.4, -0.2) is 12.6 Å². The van der Waals surface area contributed by atoms with Crippen LogP contribution in [0, 0.1) is 5.92 Å². The number of hydrogen-bond acceptors (Lipinski definition) is 1. The van der Waals surface area contributed by atoms with Crippen LogP contribution in [0.25, 0.3) is 5.32 Å². The number of allylic oxidation sites excluding steroid dienone is 5. The maximum atomic E-state index is 5.52. The van der Waals surface area contributed by atoms with Gasteiger partial charge in [0.05, 0.1) is 6.61 Å². The summed E-state index contributed by atoms with van der Waals surface area (Å²) >= 11 is 0. The summed E-state index contributed by atoms with van der Waals surface area (Å²) in [4.78, 5) is 0. The predicted octanol–water partition coefficient (Wildman–Crippen LogP) is 2.75. The first-order valence-electron chi connectivity index (χ1n) is 4.70. The van der Waals surface area contributed by atoms with Gasteiger partial charge in [-0.15, -0.1) is 0 Å². The Kier molecular flexibility index (Phi) is 2.13. The van der Waals surface area contributed by atoms with Crippen molar-refractivity contribution in [3.8, 4) is 0 Å². The highest BCUT2D eigenvalue weighted by molar-refractivity contribution is 5.46. The van der Waals surface area contributed by atoms with Gasteiger partial charge in [-0.3, -0.25) is 0 Å². The fourth-order valence-corrected chi connectivity index (χ4v) is 1.41. The zero-order valence-corrected chi connectivity index (χ0v) is 8.03. The Morgan fingerprint density at radius 3 is 2.62 bits per heavy atom. The van der Waals surface area contributed by atoms with Gasteiger partial charge in [-0.05, 0) is 5.57 Å². The van der Waals surface area contributed by atoms with Crippen LogP contribution in [0.15, 0.2) is 35.8 Å². The summed E-state index contributed by atoms with van der Waals surface area (Å²) in [5, 5.41) is 4.52. The van der Waals surface area contributed by atoms with E-state index < -0.39 is 0 Å². The lowest BCUT2D eigenvalue weighted by atomic mass is 10.1. The van der Waals surface area contributed by atoms with Crippen molar-refractivity contribution in [2.24, 2.45) is 5.92 Å². The van der Waals surface area contributed by atoms with Gasteiger partial charge in [0.15, 0.2) is 0 Å². The second-order valence-corrected chi connectivity index (χ2v) is 3.73. The van der Waals surface area contributed by atoms with Crippen molar-refractivity contribution in [2.45, 2.75) is 19.9 Å². The fourth-order valence-electron chi connectivity index (χ4n) is 1.41. The molecule has 2 rings (SSSR count). The van der Waals surface area contributed by atoms with E-state index in [0.29, 0.717) is 12.0 Å². The molecule has 1 aliphatic heterocycles. The van der Waals surface area contributed by atoms with Gasteiger partial charge in [0, 0.05) is 5.88 Å². The quantitative estimate of drug-likeness (QED) is 0.602. The molecule has 13 heavy (non-hydrogen) atoms. The van der Waals surface area contributed by atoms with Crippen LogP contribution in [0.4, 0.5) is 0 Å². The summed E-state index contributed by atoms with van der Waals surface area (Å²) in [5.41, 5.74) is 1.10. The minimum absolute atomic E-state index is 0.338. The summed E-state index contributed by atoms with van der Waals surface area (Å²) in [6.45, 7) is 5.08. The van der Waals surface area contributed by atoms with Crippen LogP contribution >= 0.6 is 0 Å². The van der Waals surface area contributed by atoms with Crippen LogP contribution in [0.3, 0.4) is 0 Å². The van der Waals surface area contributed by atoms with Gasteiger partial charge in [-0.1, -0.05) is 50.1 Å². The maximum absolute atomic E-state index is 5.52. The molecule has 2 nitrogen and oxygen atoms in total. The normalized spacial score (nSPS) is 25.6. The molecular formula is C11H14NO-. The van der Waals surface area contributed by atoms with Gasteiger partial charge in [0.1, 0.15) is 0 Å². The Labute approximate surface area is 79.0 Å². The molecule has 0 radical (unpaired) electrons. The van der Waals surface area contributed by atoms with Gasteiger partial charge in [0.25, 0.3) is 0 Å². The Hall–Kier alpha value is -1.18. The molecule has 1 fully saturated rings. The van der Waals surface area contributed by atoms with Crippen LogP contribution in [0.2, 0.25) is 0 Å². The first kappa shape index (κ1) is 8.42. The monoisotopic (exact) mass is 176 g/mol. The summed E-state index contributed by atoms with van der Waals surface area (Å²) in [5.74, 6) is 1.37. The molecule has 0 saturated carbocycles. The van der Waals surface area contributed by atoms with E-state index in [0.717, 1.165) is 18.1 Å². The van der Waals surface area contributed by atoms with Crippen molar-refractivity contribution in [3.05, 3.63) is 41.1 Å². The van der Waals surface area contributed by atoms with Gasteiger partial charge in [-0.25, -0.2) is 0 Å². The zero-order valence-electron chi connectivity index (χ0n) is 8.03. The molecule has 0 amide bonds. The fraction of sp³-hybridized carbons (Fsp3) is 0.455. The minimum Gasteiger partial charge on any atom is -0.648 e. The SMILES string of the molecule is CC(C)[C@@H]1COC(=C2C=CC=C2)[N-]1. The molecule has 1 heterocycles. The van der Waals surface area contributed by atoms with Crippen molar-refractivity contribution in [3.63, 3.8) is 0 Å². The van der Waals surface area contributed by atoms with Gasteiger partial charge in [0.2, 0.25) is 0 Å². The van der Waals surface area contributed by atoms with Crippen molar-refractivity contribution in [1.29, 1.82) is 0 Å². The van der Waals surface area contributed by atoms with Crippen molar-refractivity contribution < 1.29 is 4.74 Å². The van der Waals surface area contributed by atoms with Gasteiger partial charge in [-0.2, -0.15) is 0 Å². The highest BCUT2D eigenvalue weighted by Gasteiger charge is 2.13. The number of nitrogens with zero attached hydrogens (tertiary/aromatic N) is 1. The topological polar surface area (TPSA) is 23.3 Å². The average molecular weight is 176 g/mol. The molecular weight excluding hydrogens is 162 g/mol. The number of ether oxygens (including phenoxy) is 1. The van der Waals surface area contributed by atoms with Crippen LogP contribution in [0.5, 0.6) is 0 Å². The molecule has 2 heteroatoms. The highest BCUT2D eigenvalue weighted by Crippen LogP contribution is 2.31. The first-order chi connectivity index (χ1) is 6.27. The summed E-state index contributed by atoms with van der Waals surface area (Å²) in [6.07, 6.45) is 8.07. The third kappa shape index (κ3) is 1.62. The first-order valence-corrected chi connectivity index (χ1v) is 4.70. The molecule has 2 aliphatic rings. The summed E-state index contributed by atoms with van der Waals surface area (Å²) in [7, 11) is 0. The molecule has 0 bridgehead atoms. The largest absolute Gasteiger partial charge is 0.648 e. The molecule has 1 aliphatic carbocycles. The van der Waals surface area contributed by atoms with Crippen LogP contribution < -0.4 is 0 Å². The Bertz CT molecular complexity index is 272. The van der Waals surface area contributed by atoms with Crippen LogP contribution in [-0.2, 0) is 4.74 Å². The summed E-state index contributed by atoms with van der Waals surface area (Å²) < 4.78 is 5.52. The molecule has 70 valence electrons. The van der Waals surface area contributed by atoms with E-state index in [1.165, 1.54) is 0 Å². The summed E-state index contributed by atoms with van der Waals surface area (Å²) in [6, 6.07) is 0.338. The van der Waals surface area contributed by atoms with E-state index in [9.17, 15) is 0 Å². The van der Waals surface area contributed by atoms with E-state index >= 15 is 0 Å². The third-order valence-corrected chi connectivity index (χ3v) is 2.35. The highest BCUT2D eigenvalue weighted by atomic mass is 16.5. The van der Waals surface area contributed by atoms with E-state index in [1.807, 2.05) is 24.3 Å². The van der Waals surface area contributed by atoms with E-state index in [1.54, 1.807) is 0 Å². The predicted molar refractivity (Wildman–Crippen MR) is 53.2 cm³/mol. The van der Waals surface area contributed by atoms with Crippen LogP contribution in [0.1, 0.15) is 13.8 Å². The second kappa shape index (κ2) is 3.29. The lowest BCUT2D eigenvalue weighted by molar-refractivity contribution is 0.243. The third-order valence-electron chi connectivity index (χ3n) is 2.35. The van der Waals surface area contributed by atoms with E-state index in [-0.39, 0.29) is 0 Å². The van der Waals surface area contributed by atoms with Crippen molar-refractivity contribution in [1.82, 2.24) is 0 Å². The van der Waals surface area contributed by atoms with E-state index in [2.05, 4.69) is 19.2 Å². The molecule has 0 aromatic carbocycles. The number of hydrogen-bond donors (Lipinski definition) is 0. The van der Waals surface area contributed by atoms with Gasteiger partial charge < -0.3 is 10.1 Å². The molecule has 0 aromatic rings. The molecule has 1 saturated heterocycles. The molecule has 0 N–H and O–H groups in total. The average Bonchev–Trinajstić information content (AvgIpc) is 2.75. The molecule has 0 unspecified atom stereocenters. The standard InChI is InChI=1S/C11H14NO/c1-8(2)10-7-13-11(12-10)9-5-3-4-6-9/h3-6,8,10H,7H2,1-2H3/q-1/t10-/m0/s1. The molecule has 1 atom stereocenters. The zero-order chi connectivity index (χ0) is 9.26.